The van der Waals surface area contributed by atoms with Gasteiger partial charge in [0.1, 0.15) is 5.75 Å². The number of phenols is 1. The van der Waals surface area contributed by atoms with E-state index in [1.165, 1.54) is 31.4 Å². The minimum atomic E-state index is -0.509. The van der Waals surface area contributed by atoms with Gasteiger partial charge in [-0.3, -0.25) is 0 Å². The number of hydrogen-bond acceptors (Lipinski definition) is 2. The second kappa shape index (κ2) is 7.15. The van der Waals surface area contributed by atoms with Crippen molar-refractivity contribution < 1.29 is 14.2 Å². The highest BCUT2D eigenvalue weighted by molar-refractivity contribution is 5.32. The van der Waals surface area contributed by atoms with Gasteiger partial charge in [-0.15, -0.1) is 0 Å². The predicted molar refractivity (Wildman–Crippen MR) is 66.9 cm³/mol. The average molecular weight is 240 g/mol. The van der Waals surface area contributed by atoms with Crippen molar-refractivity contribution in [2.45, 2.75) is 52.1 Å². The summed E-state index contributed by atoms with van der Waals surface area (Å²) in [7, 11) is 0. The molecule has 0 fully saturated rings. The Morgan fingerprint density at radius 3 is 2.71 bits per heavy atom. The molecule has 96 valence electrons. The highest BCUT2D eigenvalue weighted by atomic mass is 19.1. The molecule has 0 bridgehead atoms. The molecule has 1 aromatic rings. The van der Waals surface area contributed by atoms with E-state index >= 15 is 0 Å². The zero-order valence-corrected chi connectivity index (χ0v) is 10.6. The van der Waals surface area contributed by atoms with Crippen molar-refractivity contribution in [2.24, 2.45) is 0 Å². The van der Waals surface area contributed by atoms with Crippen LogP contribution in [0.2, 0.25) is 0 Å². The summed E-state index contributed by atoms with van der Waals surface area (Å²) in [6, 6.07) is 3.97. The molecule has 1 aromatic carbocycles. The van der Waals surface area contributed by atoms with Crippen LogP contribution < -0.4 is 4.74 Å². The molecule has 2 nitrogen and oxygen atoms in total. The number of aromatic hydroxyl groups is 1. The lowest BCUT2D eigenvalue weighted by molar-refractivity contribution is 0.197. The van der Waals surface area contributed by atoms with Gasteiger partial charge in [-0.2, -0.15) is 0 Å². The number of halogens is 1. The molecular formula is C14H21FO2. The lowest BCUT2D eigenvalue weighted by Crippen LogP contribution is -2.12. The SMILES string of the molecule is CCCCCCC(C)Oc1ccc(O)cc1F. The lowest BCUT2D eigenvalue weighted by Gasteiger charge is -2.15. The minimum Gasteiger partial charge on any atom is -0.508 e. The first kappa shape index (κ1) is 13.8. The topological polar surface area (TPSA) is 29.5 Å². The molecule has 1 atom stereocenters. The normalized spacial score (nSPS) is 12.4. The Labute approximate surface area is 102 Å². The molecule has 0 aliphatic carbocycles. The van der Waals surface area contributed by atoms with E-state index in [0.29, 0.717) is 0 Å². The summed E-state index contributed by atoms with van der Waals surface area (Å²) in [5, 5.41) is 9.08. The Balaban J connectivity index is 2.37. The molecular weight excluding hydrogens is 219 g/mol. The Kier molecular flexibility index (Phi) is 5.81. The van der Waals surface area contributed by atoms with Gasteiger partial charge < -0.3 is 9.84 Å². The van der Waals surface area contributed by atoms with E-state index in [9.17, 15) is 4.39 Å². The molecule has 0 aromatic heterocycles. The number of ether oxygens (including phenoxy) is 1. The van der Waals surface area contributed by atoms with Crippen LogP contribution in [0.15, 0.2) is 18.2 Å². The largest absolute Gasteiger partial charge is 0.508 e. The van der Waals surface area contributed by atoms with Crippen LogP contribution in [0.5, 0.6) is 11.5 Å². The fourth-order valence-electron chi connectivity index (χ4n) is 1.72. The molecule has 1 rings (SSSR count). The number of benzene rings is 1. The van der Waals surface area contributed by atoms with E-state index in [2.05, 4.69) is 6.92 Å². The average Bonchev–Trinajstić information content (AvgIpc) is 2.28. The number of hydrogen-bond donors (Lipinski definition) is 1. The van der Waals surface area contributed by atoms with Crippen LogP contribution in [-0.4, -0.2) is 11.2 Å². The van der Waals surface area contributed by atoms with Crippen LogP contribution >= 0.6 is 0 Å². The Hall–Kier alpha value is -1.25. The fraction of sp³-hybridized carbons (Fsp3) is 0.571. The van der Waals surface area contributed by atoms with E-state index in [-0.39, 0.29) is 17.6 Å². The van der Waals surface area contributed by atoms with Gasteiger partial charge in [0.05, 0.1) is 6.10 Å². The molecule has 0 saturated heterocycles. The van der Waals surface area contributed by atoms with Crippen LogP contribution in [0, 0.1) is 5.82 Å². The van der Waals surface area contributed by atoms with Crippen molar-refractivity contribution in [3.05, 3.63) is 24.0 Å². The third-order valence-electron chi connectivity index (χ3n) is 2.71. The summed E-state index contributed by atoms with van der Waals surface area (Å²) >= 11 is 0. The molecule has 0 aliphatic rings. The second-order valence-corrected chi connectivity index (χ2v) is 4.39. The van der Waals surface area contributed by atoms with E-state index in [1.807, 2.05) is 6.92 Å². The van der Waals surface area contributed by atoms with Gasteiger partial charge in [-0.1, -0.05) is 26.2 Å². The molecule has 1 unspecified atom stereocenters. The zero-order valence-electron chi connectivity index (χ0n) is 10.6. The molecule has 0 heterocycles. The summed E-state index contributed by atoms with van der Waals surface area (Å²) in [4.78, 5) is 0. The summed E-state index contributed by atoms with van der Waals surface area (Å²) in [6.45, 7) is 4.12. The minimum absolute atomic E-state index is 0.00546. The summed E-state index contributed by atoms with van der Waals surface area (Å²) in [6.07, 6.45) is 5.69. The molecule has 0 spiro atoms. The van der Waals surface area contributed by atoms with Crippen molar-refractivity contribution in [3.63, 3.8) is 0 Å². The first-order valence-corrected chi connectivity index (χ1v) is 6.28. The van der Waals surface area contributed by atoms with Gasteiger partial charge in [0.15, 0.2) is 11.6 Å². The number of rotatable bonds is 7. The summed E-state index contributed by atoms with van der Waals surface area (Å²) in [5.74, 6) is -0.373. The second-order valence-electron chi connectivity index (χ2n) is 4.39. The molecule has 0 aliphatic heterocycles. The van der Waals surface area contributed by atoms with E-state index in [4.69, 9.17) is 9.84 Å². The van der Waals surface area contributed by atoms with Gasteiger partial charge in [-0.05, 0) is 31.9 Å². The van der Waals surface area contributed by atoms with Crippen molar-refractivity contribution >= 4 is 0 Å². The summed E-state index contributed by atoms with van der Waals surface area (Å²) in [5.41, 5.74) is 0. The summed E-state index contributed by atoms with van der Waals surface area (Å²) < 4.78 is 18.9. The lowest BCUT2D eigenvalue weighted by atomic mass is 10.1. The van der Waals surface area contributed by atoms with Crippen molar-refractivity contribution in [1.82, 2.24) is 0 Å². The fourth-order valence-corrected chi connectivity index (χ4v) is 1.72. The van der Waals surface area contributed by atoms with Crippen LogP contribution in [0.3, 0.4) is 0 Å². The molecule has 1 N–H and O–H groups in total. The van der Waals surface area contributed by atoms with Gasteiger partial charge >= 0.3 is 0 Å². The maximum absolute atomic E-state index is 13.4. The van der Waals surface area contributed by atoms with E-state index in [1.54, 1.807) is 0 Å². The molecule has 0 radical (unpaired) electrons. The molecule has 0 amide bonds. The monoisotopic (exact) mass is 240 g/mol. The van der Waals surface area contributed by atoms with Crippen molar-refractivity contribution in [3.8, 4) is 11.5 Å². The standard InChI is InChI=1S/C14H21FO2/c1-3-4-5-6-7-11(2)17-14-9-8-12(16)10-13(14)15/h8-11,16H,3-7H2,1-2H3. The quantitative estimate of drug-likeness (QED) is 0.721. The molecule has 3 heteroatoms. The number of phenolic OH excluding ortho intramolecular Hbond substituents is 1. The van der Waals surface area contributed by atoms with Gasteiger partial charge in [0.2, 0.25) is 0 Å². The maximum Gasteiger partial charge on any atom is 0.168 e. The highest BCUT2D eigenvalue weighted by Gasteiger charge is 2.08. The van der Waals surface area contributed by atoms with Gasteiger partial charge in [0.25, 0.3) is 0 Å². The van der Waals surface area contributed by atoms with E-state index in [0.717, 1.165) is 18.9 Å². The third-order valence-corrected chi connectivity index (χ3v) is 2.71. The number of unbranched alkanes of at least 4 members (excludes halogenated alkanes) is 3. The Morgan fingerprint density at radius 2 is 2.06 bits per heavy atom. The maximum atomic E-state index is 13.4. The highest BCUT2D eigenvalue weighted by Crippen LogP contribution is 2.23. The van der Waals surface area contributed by atoms with E-state index < -0.39 is 5.82 Å². The Morgan fingerprint density at radius 1 is 1.29 bits per heavy atom. The van der Waals surface area contributed by atoms with Gasteiger partial charge in [-0.25, -0.2) is 4.39 Å². The van der Waals surface area contributed by atoms with Crippen LogP contribution in [-0.2, 0) is 0 Å². The Bertz CT molecular complexity index is 339. The van der Waals surface area contributed by atoms with Crippen LogP contribution in [0.25, 0.3) is 0 Å². The van der Waals surface area contributed by atoms with Crippen LogP contribution in [0.1, 0.15) is 46.0 Å². The van der Waals surface area contributed by atoms with Crippen molar-refractivity contribution in [2.75, 3.05) is 0 Å². The predicted octanol–water partition coefficient (Wildman–Crippen LogP) is 4.27. The third kappa shape index (κ3) is 5.07. The molecule has 0 saturated carbocycles. The smallest absolute Gasteiger partial charge is 0.168 e. The van der Waals surface area contributed by atoms with Gasteiger partial charge in [0, 0.05) is 6.07 Å². The van der Waals surface area contributed by atoms with Crippen molar-refractivity contribution in [1.29, 1.82) is 0 Å². The first-order valence-electron chi connectivity index (χ1n) is 6.28. The van der Waals surface area contributed by atoms with Crippen LogP contribution in [0.4, 0.5) is 4.39 Å². The zero-order chi connectivity index (χ0) is 12.7. The first-order chi connectivity index (χ1) is 8.13. The molecule has 17 heavy (non-hydrogen) atoms.